The molecule has 2 rings (SSSR count). The minimum Gasteiger partial charge on any atom is -0.481 e. The van der Waals surface area contributed by atoms with E-state index >= 15 is 0 Å². The number of fused-ring (bicyclic) bond motifs is 1. The molecule has 0 aliphatic rings. The molecule has 19 heavy (non-hydrogen) atoms. The molecule has 1 heterocycles. The molecule has 0 saturated carbocycles. The summed E-state index contributed by atoms with van der Waals surface area (Å²) in [6, 6.07) is 5.71. The van der Waals surface area contributed by atoms with Gasteiger partial charge in [0, 0.05) is 11.9 Å². The Hall–Kier alpha value is -2.30. The third-order valence-corrected chi connectivity index (χ3v) is 2.92. The van der Waals surface area contributed by atoms with Crippen LogP contribution in [0.4, 0.5) is 0 Å². The standard InChI is InChI=1S/C14H15NO4/c1-2-9-3-4-12-10(7-9)11(8-19-12)14(18)15-6-5-13(16)17/h3-4,7-8H,2,5-6H2,1H3,(H,15,18)(H,16,17). The molecule has 2 aromatic rings. The molecule has 0 aliphatic heterocycles. The highest BCUT2D eigenvalue weighted by molar-refractivity contribution is 6.06. The predicted octanol–water partition coefficient (Wildman–Crippen LogP) is 2.20. The fourth-order valence-corrected chi connectivity index (χ4v) is 1.85. The van der Waals surface area contributed by atoms with Crippen LogP contribution in [0.3, 0.4) is 0 Å². The minimum atomic E-state index is -0.939. The summed E-state index contributed by atoms with van der Waals surface area (Å²) < 4.78 is 5.32. The SMILES string of the molecule is CCc1ccc2occ(C(=O)NCCC(=O)O)c2c1. The van der Waals surface area contributed by atoms with Crippen LogP contribution in [0.2, 0.25) is 0 Å². The van der Waals surface area contributed by atoms with E-state index in [9.17, 15) is 9.59 Å². The van der Waals surface area contributed by atoms with Crippen LogP contribution in [0.5, 0.6) is 0 Å². The summed E-state index contributed by atoms with van der Waals surface area (Å²) in [5.41, 5.74) is 2.21. The van der Waals surface area contributed by atoms with Gasteiger partial charge in [-0.2, -0.15) is 0 Å². The van der Waals surface area contributed by atoms with E-state index in [4.69, 9.17) is 9.52 Å². The maximum Gasteiger partial charge on any atom is 0.305 e. The Balaban J connectivity index is 2.19. The second-order valence-corrected chi connectivity index (χ2v) is 4.23. The first-order chi connectivity index (χ1) is 9.11. The largest absolute Gasteiger partial charge is 0.481 e. The highest BCUT2D eigenvalue weighted by Gasteiger charge is 2.13. The van der Waals surface area contributed by atoms with Gasteiger partial charge in [-0.15, -0.1) is 0 Å². The van der Waals surface area contributed by atoms with Gasteiger partial charge >= 0.3 is 5.97 Å². The van der Waals surface area contributed by atoms with E-state index in [1.807, 2.05) is 25.1 Å². The van der Waals surface area contributed by atoms with Gasteiger partial charge < -0.3 is 14.8 Å². The Morgan fingerprint density at radius 3 is 2.84 bits per heavy atom. The van der Waals surface area contributed by atoms with Gasteiger partial charge in [-0.25, -0.2) is 0 Å². The molecular weight excluding hydrogens is 246 g/mol. The van der Waals surface area contributed by atoms with Gasteiger partial charge in [0.25, 0.3) is 5.91 Å². The zero-order chi connectivity index (χ0) is 13.8. The van der Waals surface area contributed by atoms with E-state index in [1.54, 1.807) is 0 Å². The summed E-state index contributed by atoms with van der Waals surface area (Å²) in [5.74, 6) is -1.25. The number of furan rings is 1. The maximum absolute atomic E-state index is 11.9. The molecule has 1 aromatic carbocycles. The van der Waals surface area contributed by atoms with Gasteiger partial charge in [-0.1, -0.05) is 13.0 Å². The van der Waals surface area contributed by atoms with Gasteiger partial charge in [-0.3, -0.25) is 9.59 Å². The van der Waals surface area contributed by atoms with Crippen molar-refractivity contribution < 1.29 is 19.1 Å². The molecule has 0 fully saturated rings. The fourth-order valence-electron chi connectivity index (χ4n) is 1.85. The second kappa shape index (κ2) is 5.56. The van der Waals surface area contributed by atoms with Crippen molar-refractivity contribution in [2.45, 2.75) is 19.8 Å². The summed E-state index contributed by atoms with van der Waals surface area (Å²) in [5, 5.41) is 11.9. The maximum atomic E-state index is 11.9. The van der Waals surface area contributed by atoms with Gasteiger partial charge in [0.2, 0.25) is 0 Å². The number of carboxylic acids is 1. The van der Waals surface area contributed by atoms with Gasteiger partial charge in [0.15, 0.2) is 0 Å². The second-order valence-electron chi connectivity index (χ2n) is 4.23. The first-order valence-electron chi connectivity index (χ1n) is 6.12. The Morgan fingerprint density at radius 2 is 2.16 bits per heavy atom. The molecule has 1 aromatic heterocycles. The van der Waals surface area contributed by atoms with Crippen molar-refractivity contribution in [3.63, 3.8) is 0 Å². The molecular formula is C14H15NO4. The Bertz CT molecular complexity index is 615. The quantitative estimate of drug-likeness (QED) is 0.864. The molecule has 0 saturated heterocycles. The van der Waals surface area contributed by atoms with Gasteiger partial charge in [0.05, 0.1) is 12.0 Å². The van der Waals surface area contributed by atoms with Gasteiger partial charge in [0.1, 0.15) is 11.8 Å². The molecule has 0 spiro atoms. The lowest BCUT2D eigenvalue weighted by molar-refractivity contribution is -0.136. The molecule has 0 radical (unpaired) electrons. The van der Waals surface area contributed by atoms with Crippen molar-refractivity contribution in [3.05, 3.63) is 35.6 Å². The fraction of sp³-hybridized carbons (Fsp3) is 0.286. The van der Waals surface area contributed by atoms with Crippen LogP contribution in [-0.2, 0) is 11.2 Å². The number of hydrogen-bond donors (Lipinski definition) is 2. The van der Waals surface area contributed by atoms with Crippen molar-refractivity contribution in [2.75, 3.05) is 6.54 Å². The number of hydrogen-bond acceptors (Lipinski definition) is 3. The molecule has 5 heteroatoms. The summed E-state index contributed by atoms with van der Waals surface area (Å²) in [6.45, 7) is 2.14. The minimum absolute atomic E-state index is 0.0955. The zero-order valence-electron chi connectivity index (χ0n) is 10.6. The van der Waals surface area contributed by atoms with E-state index in [1.165, 1.54) is 6.26 Å². The van der Waals surface area contributed by atoms with Crippen molar-refractivity contribution in [1.29, 1.82) is 0 Å². The number of carboxylic acid groups (broad SMARTS) is 1. The van der Waals surface area contributed by atoms with Crippen LogP contribution >= 0.6 is 0 Å². The summed E-state index contributed by atoms with van der Waals surface area (Å²) in [4.78, 5) is 22.3. The summed E-state index contributed by atoms with van der Waals surface area (Å²) >= 11 is 0. The molecule has 0 bridgehead atoms. The Morgan fingerprint density at radius 1 is 1.37 bits per heavy atom. The van der Waals surface area contributed by atoms with E-state index < -0.39 is 5.97 Å². The highest BCUT2D eigenvalue weighted by Crippen LogP contribution is 2.22. The number of aryl methyl sites for hydroxylation is 1. The van der Waals surface area contributed by atoms with Crippen molar-refractivity contribution >= 4 is 22.8 Å². The number of amides is 1. The molecule has 1 amide bonds. The lowest BCUT2D eigenvalue weighted by Gasteiger charge is -2.02. The number of rotatable bonds is 5. The van der Waals surface area contributed by atoms with Crippen LogP contribution in [0.25, 0.3) is 11.0 Å². The topological polar surface area (TPSA) is 79.5 Å². The third kappa shape index (κ3) is 2.93. The molecule has 0 unspecified atom stereocenters. The summed E-state index contributed by atoms with van der Waals surface area (Å²) in [6.07, 6.45) is 2.18. The zero-order valence-corrected chi connectivity index (χ0v) is 10.6. The van der Waals surface area contributed by atoms with E-state index in [0.717, 1.165) is 17.4 Å². The molecule has 2 N–H and O–H groups in total. The first-order valence-corrected chi connectivity index (χ1v) is 6.12. The monoisotopic (exact) mass is 261 g/mol. The van der Waals surface area contributed by atoms with Crippen LogP contribution < -0.4 is 5.32 Å². The number of carbonyl (C=O) groups excluding carboxylic acids is 1. The van der Waals surface area contributed by atoms with E-state index in [-0.39, 0.29) is 18.9 Å². The molecule has 5 nitrogen and oxygen atoms in total. The number of aliphatic carboxylic acids is 1. The lowest BCUT2D eigenvalue weighted by atomic mass is 10.1. The van der Waals surface area contributed by atoms with Crippen molar-refractivity contribution in [2.24, 2.45) is 0 Å². The average Bonchev–Trinajstić information content (AvgIpc) is 2.80. The number of nitrogens with one attached hydrogen (secondary N) is 1. The van der Waals surface area contributed by atoms with Crippen LogP contribution in [0.15, 0.2) is 28.9 Å². The van der Waals surface area contributed by atoms with Crippen LogP contribution in [0, 0.1) is 0 Å². The smallest absolute Gasteiger partial charge is 0.305 e. The first kappa shape index (κ1) is 13.1. The van der Waals surface area contributed by atoms with Crippen LogP contribution in [0.1, 0.15) is 29.3 Å². The lowest BCUT2D eigenvalue weighted by Crippen LogP contribution is -2.25. The molecule has 0 atom stereocenters. The van der Waals surface area contributed by atoms with Crippen molar-refractivity contribution in [3.8, 4) is 0 Å². The van der Waals surface area contributed by atoms with Crippen molar-refractivity contribution in [1.82, 2.24) is 5.32 Å². The molecule has 0 aliphatic carbocycles. The highest BCUT2D eigenvalue weighted by atomic mass is 16.4. The number of carbonyl (C=O) groups is 2. The Kier molecular flexibility index (Phi) is 3.85. The predicted molar refractivity (Wildman–Crippen MR) is 70.2 cm³/mol. The van der Waals surface area contributed by atoms with Crippen LogP contribution in [-0.4, -0.2) is 23.5 Å². The summed E-state index contributed by atoms with van der Waals surface area (Å²) in [7, 11) is 0. The molecule has 100 valence electrons. The average molecular weight is 261 g/mol. The third-order valence-electron chi connectivity index (χ3n) is 2.92. The van der Waals surface area contributed by atoms with Gasteiger partial charge in [-0.05, 0) is 24.1 Å². The van der Waals surface area contributed by atoms with E-state index in [2.05, 4.69) is 5.32 Å². The Labute approximate surface area is 110 Å². The van der Waals surface area contributed by atoms with E-state index in [0.29, 0.717) is 11.1 Å². The normalized spacial score (nSPS) is 10.6. The number of benzene rings is 1.